The van der Waals surface area contributed by atoms with Gasteiger partial charge in [-0.15, -0.1) is 5.10 Å². The fraction of sp³-hybridized carbons (Fsp3) is 0.222. The van der Waals surface area contributed by atoms with Gasteiger partial charge in [0.1, 0.15) is 6.33 Å². The normalized spacial score (nSPS) is 21.5. The van der Waals surface area contributed by atoms with E-state index < -0.39 is 11.8 Å². The Hall–Kier alpha value is -3.98. The Labute approximate surface area is 214 Å². The van der Waals surface area contributed by atoms with Gasteiger partial charge in [0.15, 0.2) is 5.82 Å². The predicted octanol–water partition coefficient (Wildman–Crippen LogP) is 5.20. The molecule has 37 heavy (non-hydrogen) atoms. The number of hydrogen-bond donors (Lipinski definition) is 0. The molecule has 0 N–H and O–H groups in total. The lowest BCUT2D eigenvalue weighted by Gasteiger charge is -2.21. The monoisotopic (exact) mass is 516 g/mol. The van der Waals surface area contributed by atoms with Crippen LogP contribution < -0.4 is 5.56 Å². The van der Waals surface area contributed by atoms with Crippen molar-refractivity contribution in [3.05, 3.63) is 105 Å². The van der Waals surface area contributed by atoms with Crippen LogP contribution in [0.25, 0.3) is 22.4 Å². The predicted molar refractivity (Wildman–Crippen MR) is 133 cm³/mol. The molecule has 2 aliphatic carbocycles. The molecule has 0 radical (unpaired) electrons. The zero-order valence-corrected chi connectivity index (χ0v) is 20.3. The maximum atomic E-state index is 15.3. The van der Waals surface area contributed by atoms with Gasteiger partial charge in [-0.3, -0.25) is 4.79 Å². The third-order valence-corrected chi connectivity index (χ3v) is 7.86. The van der Waals surface area contributed by atoms with Crippen molar-refractivity contribution >= 4 is 17.2 Å². The molecule has 3 aliphatic rings. The van der Waals surface area contributed by atoms with Gasteiger partial charge in [0.25, 0.3) is 5.56 Å². The van der Waals surface area contributed by atoms with Gasteiger partial charge >= 0.3 is 0 Å². The molecule has 0 bridgehead atoms. The molecule has 1 saturated carbocycles. The van der Waals surface area contributed by atoms with E-state index in [4.69, 9.17) is 11.6 Å². The number of aromatic nitrogens is 6. The number of pyridine rings is 2. The van der Waals surface area contributed by atoms with Crippen LogP contribution in [-0.4, -0.2) is 29.8 Å². The molecule has 0 saturated heterocycles. The second kappa shape index (κ2) is 8.01. The van der Waals surface area contributed by atoms with Gasteiger partial charge in [0.2, 0.25) is 5.95 Å². The van der Waals surface area contributed by atoms with Crippen LogP contribution in [-0.2, 0) is 0 Å². The van der Waals surface area contributed by atoms with Crippen molar-refractivity contribution in [2.75, 3.05) is 0 Å². The minimum absolute atomic E-state index is 0.0536. The van der Waals surface area contributed by atoms with Gasteiger partial charge in [-0.2, -0.15) is 9.07 Å². The van der Waals surface area contributed by atoms with E-state index in [2.05, 4.69) is 20.5 Å². The van der Waals surface area contributed by atoms with Crippen molar-refractivity contribution in [1.29, 1.82) is 0 Å². The van der Waals surface area contributed by atoms with E-state index in [1.165, 1.54) is 23.1 Å². The molecule has 10 heteroatoms. The summed E-state index contributed by atoms with van der Waals surface area (Å²) < 4.78 is 33.0. The van der Waals surface area contributed by atoms with E-state index in [1.807, 2.05) is 22.8 Å². The van der Waals surface area contributed by atoms with Crippen LogP contribution in [0.2, 0.25) is 5.02 Å². The standard InChI is InChI=1S/C27H19ClF2N6O/c1-13-2-5-17(27(30)32-13)14-3-4-15(8-14)26-19-11-18(19)22-9-16(10-23(37)36(22)26)24-21(35-12-31-33-34-35)7-6-20(28)25(24)29/h2-7,9-10,12,18-19,26H,8,11H2,1H3. The molecule has 1 aromatic carbocycles. The largest absolute Gasteiger partial charge is 0.305 e. The Kier molecular flexibility index (Phi) is 4.81. The van der Waals surface area contributed by atoms with Crippen LogP contribution in [0.15, 0.2) is 65.2 Å². The fourth-order valence-corrected chi connectivity index (χ4v) is 6.00. The topological polar surface area (TPSA) is 78.5 Å². The Morgan fingerprint density at radius 1 is 1.11 bits per heavy atom. The van der Waals surface area contributed by atoms with Gasteiger partial charge in [-0.25, -0.2) is 9.37 Å². The number of benzene rings is 1. The summed E-state index contributed by atoms with van der Waals surface area (Å²) >= 11 is 6.12. The quantitative estimate of drug-likeness (QED) is 0.348. The van der Waals surface area contributed by atoms with Crippen molar-refractivity contribution < 1.29 is 8.78 Å². The fourth-order valence-electron chi connectivity index (χ4n) is 5.84. The number of fused-ring (bicyclic) bond motifs is 3. The first-order chi connectivity index (χ1) is 17.9. The Balaban J connectivity index is 1.27. The van der Waals surface area contributed by atoms with Gasteiger partial charge in [0, 0.05) is 34.5 Å². The van der Waals surface area contributed by atoms with Crippen molar-refractivity contribution in [3.63, 3.8) is 0 Å². The summed E-state index contributed by atoms with van der Waals surface area (Å²) in [5, 5.41) is 11.1. The number of rotatable bonds is 4. The SMILES string of the molecule is Cc1ccc(C2=CC=C(C3C4CC4c4cc(-c5c(-n6cnnn6)ccc(Cl)c5F)cc(=O)n43)C2)c(F)n1. The van der Waals surface area contributed by atoms with Crippen molar-refractivity contribution in [3.8, 4) is 16.8 Å². The molecule has 7 nitrogen and oxygen atoms in total. The van der Waals surface area contributed by atoms with E-state index >= 15 is 4.39 Å². The summed E-state index contributed by atoms with van der Waals surface area (Å²) in [6.45, 7) is 1.75. The number of aryl methyl sites for hydroxylation is 1. The van der Waals surface area contributed by atoms with Crippen molar-refractivity contribution in [2.45, 2.75) is 31.7 Å². The number of allylic oxidation sites excluding steroid dienone is 4. The average Bonchev–Trinajstić information content (AvgIpc) is 3.21. The first-order valence-corrected chi connectivity index (χ1v) is 12.3. The van der Waals surface area contributed by atoms with Gasteiger partial charge in [-0.05, 0) is 83.2 Å². The highest BCUT2D eigenvalue weighted by Crippen LogP contribution is 2.62. The van der Waals surface area contributed by atoms with Gasteiger partial charge < -0.3 is 4.57 Å². The number of hydrogen-bond acceptors (Lipinski definition) is 5. The van der Waals surface area contributed by atoms with Crippen LogP contribution in [0.5, 0.6) is 0 Å². The summed E-state index contributed by atoms with van der Waals surface area (Å²) in [5.74, 6) is -0.631. The molecule has 1 aliphatic heterocycles. The van der Waals surface area contributed by atoms with Crippen molar-refractivity contribution in [2.24, 2.45) is 5.92 Å². The van der Waals surface area contributed by atoms with Gasteiger partial charge in [-0.1, -0.05) is 23.8 Å². The molecular weight excluding hydrogens is 498 g/mol. The zero-order valence-electron chi connectivity index (χ0n) is 19.6. The number of halogens is 3. The average molecular weight is 517 g/mol. The maximum Gasteiger partial charge on any atom is 0.251 e. The number of tetrazole rings is 1. The maximum absolute atomic E-state index is 15.3. The molecule has 3 aromatic heterocycles. The zero-order chi connectivity index (χ0) is 25.4. The van der Waals surface area contributed by atoms with Crippen molar-refractivity contribution in [1.82, 2.24) is 29.8 Å². The number of nitrogens with zero attached hydrogens (tertiary/aromatic N) is 6. The first kappa shape index (κ1) is 22.2. The smallest absolute Gasteiger partial charge is 0.251 e. The Morgan fingerprint density at radius 2 is 1.97 bits per heavy atom. The molecule has 3 atom stereocenters. The highest BCUT2D eigenvalue weighted by atomic mass is 35.5. The molecule has 1 fully saturated rings. The highest BCUT2D eigenvalue weighted by Gasteiger charge is 2.54. The molecule has 3 unspecified atom stereocenters. The van der Waals surface area contributed by atoms with E-state index in [0.29, 0.717) is 28.9 Å². The van der Waals surface area contributed by atoms with Crippen LogP contribution >= 0.6 is 11.6 Å². The Morgan fingerprint density at radius 3 is 2.76 bits per heavy atom. The summed E-state index contributed by atoms with van der Waals surface area (Å²) in [6.07, 6.45) is 6.77. The summed E-state index contributed by atoms with van der Waals surface area (Å²) in [7, 11) is 0. The molecule has 184 valence electrons. The minimum Gasteiger partial charge on any atom is -0.305 e. The summed E-state index contributed by atoms with van der Waals surface area (Å²) in [6, 6.07) is 9.82. The van der Waals surface area contributed by atoms with Gasteiger partial charge in [0.05, 0.1) is 16.8 Å². The Bertz CT molecular complexity index is 1730. The molecule has 4 aromatic rings. The molecule has 7 rings (SSSR count). The van der Waals surface area contributed by atoms with E-state index in [1.54, 1.807) is 25.1 Å². The van der Waals surface area contributed by atoms with E-state index in [0.717, 1.165) is 23.3 Å². The van der Waals surface area contributed by atoms with Crippen LogP contribution in [0.3, 0.4) is 0 Å². The summed E-state index contributed by atoms with van der Waals surface area (Å²) in [4.78, 5) is 17.5. The lowest BCUT2D eigenvalue weighted by molar-refractivity contribution is 0.523. The van der Waals surface area contributed by atoms with E-state index in [-0.39, 0.29) is 34.0 Å². The third kappa shape index (κ3) is 3.41. The molecule has 0 amide bonds. The van der Waals surface area contributed by atoms with Crippen LogP contribution in [0, 0.1) is 24.6 Å². The van der Waals surface area contributed by atoms with E-state index in [9.17, 15) is 9.18 Å². The van der Waals surface area contributed by atoms with Crippen LogP contribution in [0.4, 0.5) is 8.78 Å². The van der Waals surface area contributed by atoms with Crippen LogP contribution in [0.1, 0.15) is 41.8 Å². The second-order valence-electron chi connectivity index (χ2n) is 9.74. The summed E-state index contributed by atoms with van der Waals surface area (Å²) in [5.41, 5.74) is 4.67. The molecule has 4 heterocycles. The lowest BCUT2D eigenvalue weighted by Crippen LogP contribution is -2.26. The first-order valence-electron chi connectivity index (χ1n) is 11.9. The minimum atomic E-state index is -0.637. The highest BCUT2D eigenvalue weighted by molar-refractivity contribution is 6.31. The molecule has 0 spiro atoms. The molecular formula is C27H19ClF2N6O. The second-order valence-corrected chi connectivity index (χ2v) is 10.1. The lowest BCUT2D eigenvalue weighted by atomic mass is 9.97. The third-order valence-electron chi connectivity index (χ3n) is 7.57.